The molecule has 1 aromatic carbocycles. The molecule has 1 N–H and O–H groups in total. The first-order valence-electron chi connectivity index (χ1n) is 8.30. The number of H-pyrrole nitrogens is 1. The highest BCUT2D eigenvalue weighted by Gasteiger charge is 2.11. The van der Waals surface area contributed by atoms with Crippen LogP contribution in [0.25, 0.3) is 0 Å². The Kier molecular flexibility index (Phi) is 5.38. The van der Waals surface area contributed by atoms with Crippen molar-refractivity contribution >= 4 is 0 Å². The molecule has 0 aliphatic carbocycles. The van der Waals surface area contributed by atoms with Crippen LogP contribution >= 0.6 is 0 Å². The SMILES string of the molecule is CCCc1cc(CN(C)Cc2nc(Cc3ccccc3)no2)[nH]n1. The molecule has 0 saturated carbocycles. The molecule has 0 radical (unpaired) electrons. The van der Waals surface area contributed by atoms with Crippen LogP contribution in [0.4, 0.5) is 0 Å². The van der Waals surface area contributed by atoms with Gasteiger partial charge < -0.3 is 4.52 Å². The molecule has 0 aliphatic rings. The minimum atomic E-state index is 0.615. The van der Waals surface area contributed by atoms with Gasteiger partial charge >= 0.3 is 0 Å². The van der Waals surface area contributed by atoms with Crippen LogP contribution in [0.5, 0.6) is 0 Å². The number of nitrogens with zero attached hydrogens (tertiary/aromatic N) is 4. The molecule has 0 saturated heterocycles. The van der Waals surface area contributed by atoms with Crippen molar-refractivity contribution in [3.63, 3.8) is 0 Å². The smallest absolute Gasteiger partial charge is 0.240 e. The number of hydrogen-bond acceptors (Lipinski definition) is 5. The highest BCUT2D eigenvalue weighted by atomic mass is 16.5. The van der Waals surface area contributed by atoms with Gasteiger partial charge in [0.2, 0.25) is 5.89 Å². The zero-order valence-corrected chi connectivity index (χ0v) is 14.2. The van der Waals surface area contributed by atoms with E-state index in [1.54, 1.807) is 0 Å². The Labute approximate surface area is 141 Å². The van der Waals surface area contributed by atoms with E-state index in [2.05, 4.69) is 50.4 Å². The highest BCUT2D eigenvalue weighted by Crippen LogP contribution is 2.10. The summed E-state index contributed by atoms with van der Waals surface area (Å²) in [6.45, 7) is 3.54. The predicted octanol–water partition coefficient (Wildman–Crippen LogP) is 2.97. The van der Waals surface area contributed by atoms with Crippen LogP contribution in [0.15, 0.2) is 40.9 Å². The van der Waals surface area contributed by atoms with Crippen LogP contribution in [-0.2, 0) is 25.9 Å². The first kappa shape index (κ1) is 16.4. The van der Waals surface area contributed by atoms with E-state index in [0.717, 1.165) is 36.6 Å². The second-order valence-electron chi connectivity index (χ2n) is 6.07. The van der Waals surface area contributed by atoms with Crippen LogP contribution in [0, 0.1) is 0 Å². The molecular formula is C18H23N5O. The summed E-state index contributed by atoms with van der Waals surface area (Å²) in [5.41, 5.74) is 3.40. The van der Waals surface area contributed by atoms with Crippen molar-refractivity contribution in [3.05, 3.63) is 65.1 Å². The largest absolute Gasteiger partial charge is 0.338 e. The molecule has 3 aromatic rings. The molecule has 0 spiro atoms. The minimum Gasteiger partial charge on any atom is -0.338 e. The third-order valence-corrected chi connectivity index (χ3v) is 3.75. The lowest BCUT2D eigenvalue weighted by molar-refractivity contribution is 0.258. The molecular weight excluding hydrogens is 302 g/mol. The maximum Gasteiger partial charge on any atom is 0.240 e. The van der Waals surface area contributed by atoms with E-state index in [0.29, 0.717) is 18.9 Å². The Balaban J connectivity index is 1.53. The van der Waals surface area contributed by atoms with Gasteiger partial charge in [0.05, 0.1) is 12.2 Å². The normalized spacial score (nSPS) is 11.3. The molecule has 0 atom stereocenters. The van der Waals surface area contributed by atoms with E-state index < -0.39 is 0 Å². The van der Waals surface area contributed by atoms with Gasteiger partial charge in [0.25, 0.3) is 0 Å². The molecule has 2 aromatic heterocycles. The minimum absolute atomic E-state index is 0.615. The topological polar surface area (TPSA) is 70.8 Å². The van der Waals surface area contributed by atoms with Crippen LogP contribution in [-0.4, -0.2) is 32.3 Å². The highest BCUT2D eigenvalue weighted by molar-refractivity contribution is 5.18. The van der Waals surface area contributed by atoms with E-state index in [9.17, 15) is 0 Å². The van der Waals surface area contributed by atoms with Crippen molar-refractivity contribution in [2.45, 2.75) is 39.3 Å². The number of rotatable bonds is 8. The lowest BCUT2D eigenvalue weighted by Gasteiger charge is -2.12. The Morgan fingerprint density at radius 1 is 1.17 bits per heavy atom. The van der Waals surface area contributed by atoms with Gasteiger partial charge in [-0.25, -0.2) is 0 Å². The maximum atomic E-state index is 5.36. The summed E-state index contributed by atoms with van der Waals surface area (Å²) in [7, 11) is 2.03. The van der Waals surface area contributed by atoms with E-state index in [1.165, 1.54) is 5.56 Å². The Morgan fingerprint density at radius 3 is 2.79 bits per heavy atom. The fourth-order valence-electron chi connectivity index (χ4n) is 2.66. The van der Waals surface area contributed by atoms with Crippen LogP contribution in [0.1, 0.15) is 42.0 Å². The molecule has 0 aliphatic heterocycles. The Bertz CT molecular complexity index is 750. The summed E-state index contributed by atoms with van der Waals surface area (Å²) in [5.74, 6) is 1.35. The van der Waals surface area contributed by atoms with Crippen LogP contribution in [0.3, 0.4) is 0 Å². The first-order valence-corrected chi connectivity index (χ1v) is 8.30. The molecule has 24 heavy (non-hydrogen) atoms. The van der Waals surface area contributed by atoms with E-state index in [4.69, 9.17) is 4.52 Å². The van der Waals surface area contributed by atoms with Crippen LogP contribution < -0.4 is 0 Å². The summed E-state index contributed by atoms with van der Waals surface area (Å²) < 4.78 is 5.36. The molecule has 0 amide bonds. The van der Waals surface area contributed by atoms with E-state index >= 15 is 0 Å². The zero-order chi connectivity index (χ0) is 16.8. The molecule has 0 bridgehead atoms. The third kappa shape index (κ3) is 4.52. The quantitative estimate of drug-likeness (QED) is 0.689. The molecule has 0 unspecified atom stereocenters. The number of aromatic amines is 1. The molecule has 6 nitrogen and oxygen atoms in total. The van der Waals surface area contributed by atoms with Gasteiger partial charge in [0, 0.05) is 18.7 Å². The average molecular weight is 325 g/mol. The standard InChI is InChI=1S/C18H23N5O/c1-3-7-15-11-16(21-20-15)12-23(2)13-18-19-17(22-24-18)10-14-8-5-4-6-9-14/h4-6,8-9,11H,3,7,10,12-13H2,1-2H3,(H,20,21). The fraction of sp³-hybridized carbons (Fsp3) is 0.389. The molecule has 0 fully saturated rings. The van der Waals surface area contributed by atoms with Gasteiger partial charge in [-0.2, -0.15) is 10.1 Å². The fourth-order valence-corrected chi connectivity index (χ4v) is 2.66. The lowest BCUT2D eigenvalue weighted by Crippen LogP contribution is -2.17. The zero-order valence-electron chi connectivity index (χ0n) is 14.2. The Hall–Kier alpha value is -2.47. The maximum absolute atomic E-state index is 5.36. The number of aromatic nitrogens is 4. The van der Waals surface area contributed by atoms with E-state index in [1.807, 2.05) is 25.2 Å². The van der Waals surface area contributed by atoms with E-state index in [-0.39, 0.29) is 0 Å². The van der Waals surface area contributed by atoms with Gasteiger partial charge in [-0.15, -0.1) is 0 Å². The first-order chi connectivity index (χ1) is 11.7. The molecule has 126 valence electrons. The average Bonchev–Trinajstić information content (AvgIpc) is 3.18. The second-order valence-corrected chi connectivity index (χ2v) is 6.07. The lowest BCUT2D eigenvalue weighted by atomic mass is 10.1. The number of benzene rings is 1. The van der Waals surface area contributed by atoms with Gasteiger partial charge in [-0.3, -0.25) is 10.00 Å². The Morgan fingerprint density at radius 2 is 2.00 bits per heavy atom. The van der Waals surface area contributed by atoms with Crippen LogP contribution in [0.2, 0.25) is 0 Å². The van der Waals surface area contributed by atoms with Crippen molar-refractivity contribution in [3.8, 4) is 0 Å². The van der Waals surface area contributed by atoms with Crippen molar-refractivity contribution < 1.29 is 4.52 Å². The predicted molar refractivity (Wildman–Crippen MR) is 91.3 cm³/mol. The van der Waals surface area contributed by atoms with Crippen molar-refractivity contribution in [2.75, 3.05) is 7.05 Å². The van der Waals surface area contributed by atoms with Gasteiger partial charge in [-0.1, -0.05) is 48.8 Å². The third-order valence-electron chi connectivity index (χ3n) is 3.75. The second kappa shape index (κ2) is 7.88. The molecule has 2 heterocycles. The summed E-state index contributed by atoms with van der Waals surface area (Å²) in [6.07, 6.45) is 2.80. The monoisotopic (exact) mass is 325 g/mol. The summed E-state index contributed by atoms with van der Waals surface area (Å²) >= 11 is 0. The summed E-state index contributed by atoms with van der Waals surface area (Å²) in [5, 5.41) is 11.5. The molecule has 6 heteroatoms. The van der Waals surface area contributed by atoms with Gasteiger partial charge in [0.1, 0.15) is 0 Å². The summed E-state index contributed by atoms with van der Waals surface area (Å²) in [4.78, 5) is 6.60. The van der Waals surface area contributed by atoms with Crippen molar-refractivity contribution in [1.82, 2.24) is 25.2 Å². The summed E-state index contributed by atoms with van der Waals surface area (Å²) in [6, 6.07) is 12.3. The molecule has 3 rings (SSSR count). The van der Waals surface area contributed by atoms with Crippen molar-refractivity contribution in [2.24, 2.45) is 0 Å². The number of hydrogen-bond donors (Lipinski definition) is 1. The van der Waals surface area contributed by atoms with Gasteiger partial charge in [-0.05, 0) is 25.1 Å². The van der Waals surface area contributed by atoms with Crippen molar-refractivity contribution in [1.29, 1.82) is 0 Å². The van der Waals surface area contributed by atoms with Gasteiger partial charge in [0.15, 0.2) is 5.82 Å². The number of nitrogens with one attached hydrogen (secondary N) is 1. The number of aryl methyl sites for hydroxylation is 1.